The summed E-state index contributed by atoms with van der Waals surface area (Å²) in [5.41, 5.74) is 0. The Hall–Kier alpha value is -0.560. The monoisotopic (exact) mass is 154 g/mol. The fourth-order valence-corrected chi connectivity index (χ4v) is 0.793. The van der Waals surface area contributed by atoms with Gasteiger partial charge in [-0.15, -0.1) is 0 Å². The van der Waals surface area contributed by atoms with Crippen LogP contribution in [-0.2, 0) is 0 Å². The van der Waals surface area contributed by atoms with Gasteiger partial charge in [0, 0.05) is 0 Å². The summed E-state index contributed by atoms with van der Waals surface area (Å²) in [5, 5.41) is 9.37. The predicted molar refractivity (Wildman–Crippen MR) is 49.4 cm³/mol. The summed E-state index contributed by atoms with van der Waals surface area (Å²) in [5.74, 6) is 0.368. The van der Waals surface area contributed by atoms with Crippen molar-refractivity contribution in [3.05, 3.63) is 24.8 Å². The minimum Gasteiger partial charge on any atom is -0.393 e. The highest BCUT2D eigenvalue weighted by Gasteiger charge is 2.06. The first-order valence-corrected chi connectivity index (χ1v) is 4.14. The summed E-state index contributed by atoms with van der Waals surface area (Å²) >= 11 is 0. The number of aliphatic hydroxyl groups excluding tert-OH is 1. The van der Waals surface area contributed by atoms with Gasteiger partial charge in [0.2, 0.25) is 0 Å². The van der Waals surface area contributed by atoms with Crippen molar-refractivity contribution in [2.75, 3.05) is 0 Å². The number of allylic oxidation sites excluding steroid dienone is 3. The van der Waals surface area contributed by atoms with Gasteiger partial charge in [0.25, 0.3) is 0 Å². The van der Waals surface area contributed by atoms with Crippen LogP contribution in [0.25, 0.3) is 0 Å². The molecule has 0 radical (unpaired) electrons. The lowest BCUT2D eigenvalue weighted by atomic mass is 10.0. The maximum atomic E-state index is 9.37. The van der Waals surface area contributed by atoms with Crippen LogP contribution in [0.3, 0.4) is 0 Å². The van der Waals surface area contributed by atoms with Gasteiger partial charge in [0.15, 0.2) is 0 Å². The van der Waals surface area contributed by atoms with Gasteiger partial charge in [0.05, 0.1) is 6.10 Å². The van der Waals surface area contributed by atoms with Crippen LogP contribution < -0.4 is 0 Å². The Morgan fingerprint density at radius 2 is 2.09 bits per heavy atom. The first-order valence-electron chi connectivity index (χ1n) is 4.14. The molecule has 0 aliphatic rings. The molecule has 0 saturated heterocycles. The summed E-state index contributed by atoms with van der Waals surface area (Å²) in [6.45, 7) is 7.62. The average Bonchev–Trinajstić information content (AvgIpc) is 1.97. The summed E-state index contributed by atoms with van der Waals surface area (Å²) in [7, 11) is 0. The molecule has 0 spiro atoms. The van der Waals surface area contributed by atoms with E-state index in [1.165, 1.54) is 0 Å². The highest BCUT2D eigenvalue weighted by atomic mass is 16.3. The van der Waals surface area contributed by atoms with E-state index in [1.807, 2.05) is 26.0 Å². The van der Waals surface area contributed by atoms with E-state index in [-0.39, 0.29) is 6.10 Å². The van der Waals surface area contributed by atoms with E-state index in [4.69, 9.17) is 0 Å². The number of hydrogen-bond donors (Lipinski definition) is 1. The van der Waals surface area contributed by atoms with Gasteiger partial charge < -0.3 is 5.11 Å². The number of hydrogen-bond acceptors (Lipinski definition) is 1. The van der Waals surface area contributed by atoms with Crippen molar-refractivity contribution >= 4 is 0 Å². The topological polar surface area (TPSA) is 20.2 Å². The molecule has 1 atom stereocenters. The summed E-state index contributed by atoms with van der Waals surface area (Å²) in [4.78, 5) is 0. The van der Waals surface area contributed by atoms with Crippen LogP contribution in [0, 0.1) is 5.92 Å². The molecule has 64 valence electrons. The van der Waals surface area contributed by atoms with E-state index in [1.54, 1.807) is 6.08 Å². The molecule has 0 fully saturated rings. The molecule has 0 aliphatic carbocycles. The molecule has 0 bridgehead atoms. The second kappa shape index (κ2) is 6.17. The molecule has 11 heavy (non-hydrogen) atoms. The SMILES string of the molecule is C=CC=CCCC(O)C(C)C. The highest BCUT2D eigenvalue weighted by molar-refractivity contribution is 4.97. The van der Waals surface area contributed by atoms with E-state index in [0.29, 0.717) is 5.92 Å². The lowest BCUT2D eigenvalue weighted by Gasteiger charge is -2.12. The molecular weight excluding hydrogens is 136 g/mol. The second-order valence-corrected chi connectivity index (χ2v) is 3.05. The largest absolute Gasteiger partial charge is 0.393 e. The molecule has 1 heteroatoms. The van der Waals surface area contributed by atoms with Gasteiger partial charge in [-0.1, -0.05) is 38.7 Å². The van der Waals surface area contributed by atoms with Gasteiger partial charge in [-0.3, -0.25) is 0 Å². The van der Waals surface area contributed by atoms with Crippen molar-refractivity contribution < 1.29 is 5.11 Å². The van der Waals surface area contributed by atoms with Gasteiger partial charge >= 0.3 is 0 Å². The van der Waals surface area contributed by atoms with Crippen LogP contribution in [0.2, 0.25) is 0 Å². The van der Waals surface area contributed by atoms with Crippen LogP contribution in [0.15, 0.2) is 24.8 Å². The third-order valence-corrected chi connectivity index (χ3v) is 1.67. The zero-order valence-corrected chi connectivity index (χ0v) is 7.46. The Kier molecular flexibility index (Phi) is 5.86. The zero-order chi connectivity index (χ0) is 8.69. The minimum absolute atomic E-state index is 0.163. The quantitative estimate of drug-likeness (QED) is 0.603. The summed E-state index contributed by atoms with van der Waals surface area (Å²) in [6, 6.07) is 0. The van der Waals surface area contributed by atoms with Gasteiger partial charge in [-0.2, -0.15) is 0 Å². The lowest BCUT2D eigenvalue weighted by molar-refractivity contribution is 0.117. The van der Waals surface area contributed by atoms with Crippen LogP contribution in [0.4, 0.5) is 0 Å². The molecule has 0 saturated carbocycles. The second-order valence-electron chi connectivity index (χ2n) is 3.05. The molecule has 0 heterocycles. The first-order chi connectivity index (χ1) is 5.18. The molecule has 1 nitrogen and oxygen atoms in total. The van der Waals surface area contributed by atoms with E-state index >= 15 is 0 Å². The third kappa shape index (κ3) is 5.86. The van der Waals surface area contributed by atoms with Crippen LogP contribution >= 0.6 is 0 Å². The van der Waals surface area contributed by atoms with E-state index in [2.05, 4.69) is 6.58 Å². The molecular formula is C10H18O. The van der Waals surface area contributed by atoms with Crippen molar-refractivity contribution in [2.24, 2.45) is 5.92 Å². The van der Waals surface area contributed by atoms with E-state index in [9.17, 15) is 5.11 Å². The first kappa shape index (κ1) is 10.4. The molecule has 0 amide bonds. The lowest BCUT2D eigenvalue weighted by Crippen LogP contribution is -2.13. The Bertz CT molecular complexity index is 125. The van der Waals surface area contributed by atoms with Crippen LogP contribution in [-0.4, -0.2) is 11.2 Å². The smallest absolute Gasteiger partial charge is 0.0566 e. The minimum atomic E-state index is -0.163. The molecule has 0 aromatic heterocycles. The van der Waals surface area contributed by atoms with Crippen molar-refractivity contribution in [3.8, 4) is 0 Å². The predicted octanol–water partition coefficient (Wildman–Crippen LogP) is 2.53. The Morgan fingerprint density at radius 3 is 2.55 bits per heavy atom. The highest BCUT2D eigenvalue weighted by Crippen LogP contribution is 2.07. The van der Waals surface area contributed by atoms with Crippen molar-refractivity contribution in [1.29, 1.82) is 0 Å². The van der Waals surface area contributed by atoms with Crippen LogP contribution in [0.5, 0.6) is 0 Å². The number of rotatable bonds is 5. The van der Waals surface area contributed by atoms with Gasteiger partial charge in [0.1, 0.15) is 0 Å². The Labute approximate surface area is 69.4 Å². The molecule has 0 aromatic carbocycles. The van der Waals surface area contributed by atoms with E-state index < -0.39 is 0 Å². The standard InChI is InChI=1S/C10H18O/c1-4-5-6-7-8-10(11)9(2)3/h4-6,9-11H,1,7-8H2,2-3H3. The van der Waals surface area contributed by atoms with E-state index in [0.717, 1.165) is 12.8 Å². The van der Waals surface area contributed by atoms with Crippen LogP contribution in [0.1, 0.15) is 26.7 Å². The molecule has 0 rings (SSSR count). The van der Waals surface area contributed by atoms with Crippen molar-refractivity contribution in [3.63, 3.8) is 0 Å². The maximum Gasteiger partial charge on any atom is 0.0566 e. The molecule has 0 aliphatic heterocycles. The van der Waals surface area contributed by atoms with Gasteiger partial charge in [-0.25, -0.2) is 0 Å². The zero-order valence-electron chi connectivity index (χ0n) is 7.46. The summed E-state index contributed by atoms with van der Waals surface area (Å²) < 4.78 is 0. The summed E-state index contributed by atoms with van der Waals surface area (Å²) in [6.07, 6.45) is 7.31. The fourth-order valence-electron chi connectivity index (χ4n) is 0.793. The molecule has 0 aromatic rings. The maximum absolute atomic E-state index is 9.37. The van der Waals surface area contributed by atoms with Crippen molar-refractivity contribution in [1.82, 2.24) is 0 Å². The van der Waals surface area contributed by atoms with Gasteiger partial charge in [-0.05, 0) is 18.8 Å². The normalized spacial score (nSPS) is 14.2. The third-order valence-electron chi connectivity index (χ3n) is 1.67. The van der Waals surface area contributed by atoms with Crippen molar-refractivity contribution in [2.45, 2.75) is 32.8 Å². The average molecular weight is 154 g/mol. The Balaban J connectivity index is 3.38. The fraction of sp³-hybridized carbons (Fsp3) is 0.600. The molecule has 1 N–H and O–H groups in total. The number of aliphatic hydroxyl groups is 1. The molecule has 1 unspecified atom stereocenters. The Morgan fingerprint density at radius 1 is 1.45 bits per heavy atom.